The molecule has 7 heteroatoms. The van der Waals surface area contributed by atoms with Gasteiger partial charge in [0.25, 0.3) is 0 Å². The SMILES string of the molecule is CC(=O)Nc1ccc(S(=O)(=O)N2CCC(C)C(CN)C2)cc1. The number of nitrogens with zero attached hydrogens (tertiary/aromatic N) is 1. The Kier molecular flexibility index (Phi) is 5.20. The van der Waals surface area contributed by atoms with Crippen molar-refractivity contribution in [3.05, 3.63) is 24.3 Å². The van der Waals surface area contributed by atoms with Crippen LogP contribution in [0.2, 0.25) is 0 Å². The Morgan fingerprint density at radius 3 is 2.55 bits per heavy atom. The molecule has 0 bridgehead atoms. The van der Waals surface area contributed by atoms with Crippen molar-refractivity contribution >= 4 is 21.6 Å². The Morgan fingerprint density at radius 2 is 2.00 bits per heavy atom. The summed E-state index contributed by atoms with van der Waals surface area (Å²) >= 11 is 0. The van der Waals surface area contributed by atoms with Crippen LogP contribution in [0.4, 0.5) is 5.69 Å². The second-order valence-corrected chi connectivity index (χ2v) is 7.77. The highest BCUT2D eigenvalue weighted by molar-refractivity contribution is 7.89. The molecule has 1 amide bonds. The van der Waals surface area contributed by atoms with Crippen molar-refractivity contribution in [1.29, 1.82) is 0 Å². The van der Waals surface area contributed by atoms with E-state index in [1.54, 1.807) is 12.1 Å². The largest absolute Gasteiger partial charge is 0.330 e. The summed E-state index contributed by atoms with van der Waals surface area (Å²) in [4.78, 5) is 11.2. The molecule has 1 saturated heterocycles. The lowest BCUT2D eigenvalue weighted by molar-refractivity contribution is -0.114. The zero-order valence-corrected chi connectivity index (χ0v) is 13.8. The third kappa shape index (κ3) is 3.66. The van der Waals surface area contributed by atoms with Gasteiger partial charge in [-0.1, -0.05) is 6.92 Å². The van der Waals surface area contributed by atoms with Gasteiger partial charge >= 0.3 is 0 Å². The van der Waals surface area contributed by atoms with Crippen LogP contribution >= 0.6 is 0 Å². The highest BCUT2D eigenvalue weighted by Gasteiger charge is 2.32. The topological polar surface area (TPSA) is 92.5 Å². The molecule has 2 atom stereocenters. The number of benzene rings is 1. The fourth-order valence-electron chi connectivity index (χ4n) is 2.70. The number of sulfonamides is 1. The quantitative estimate of drug-likeness (QED) is 0.871. The molecule has 0 aromatic heterocycles. The Labute approximate surface area is 131 Å². The lowest BCUT2D eigenvalue weighted by Gasteiger charge is -2.35. The van der Waals surface area contributed by atoms with Gasteiger partial charge in [-0.05, 0) is 49.1 Å². The standard InChI is InChI=1S/C15H23N3O3S/c1-11-7-8-18(10-13(11)9-16)22(20,21)15-5-3-14(4-6-15)17-12(2)19/h3-6,11,13H,7-10,16H2,1-2H3,(H,17,19). The highest BCUT2D eigenvalue weighted by atomic mass is 32.2. The van der Waals surface area contributed by atoms with Gasteiger partial charge in [0.15, 0.2) is 0 Å². The number of anilines is 1. The molecule has 2 unspecified atom stereocenters. The van der Waals surface area contributed by atoms with Gasteiger partial charge in [0.1, 0.15) is 0 Å². The van der Waals surface area contributed by atoms with Gasteiger partial charge < -0.3 is 11.1 Å². The number of amides is 1. The summed E-state index contributed by atoms with van der Waals surface area (Å²) in [5, 5.41) is 2.62. The Morgan fingerprint density at radius 1 is 1.36 bits per heavy atom. The van der Waals surface area contributed by atoms with Gasteiger partial charge in [0.2, 0.25) is 15.9 Å². The predicted octanol–water partition coefficient (Wildman–Crippen LogP) is 1.25. The predicted molar refractivity (Wildman–Crippen MR) is 85.8 cm³/mol. The number of nitrogens with two attached hydrogens (primary N) is 1. The summed E-state index contributed by atoms with van der Waals surface area (Å²) in [6.07, 6.45) is 0.824. The van der Waals surface area contributed by atoms with Crippen LogP contribution in [-0.4, -0.2) is 38.3 Å². The number of rotatable bonds is 4. The van der Waals surface area contributed by atoms with Crippen molar-refractivity contribution < 1.29 is 13.2 Å². The molecular weight excluding hydrogens is 302 g/mol. The second-order valence-electron chi connectivity index (χ2n) is 5.83. The van der Waals surface area contributed by atoms with E-state index >= 15 is 0 Å². The number of carbonyl (C=O) groups excluding carboxylic acids is 1. The van der Waals surface area contributed by atoms with Gasteiger partial charge in [0.05, 0.1) is 4.90 Å². The number of nitrogens with one attached hydrogen (secondary N) is 1. The van der Waals surface area contributed by atoms with Crippen LogP contribution in [0.1, 0.15) is 20.3 Å². The number of carbonyl (C=O) groups is 1. The van der Waals surface area contributed by atoms with E-state index in [9.17, 15) is 13.2 Å². The smallest absolute Gasteiger partial charge is 0.243 e. The van der Waals surface area contributed by atoms with Crippen molar-refractivity contribution in [2.45, 2.75) is 25.2 Å². The third-order valence-corrected chi connectivity index (χ3v) is 6.07. The van der Waals surface area contributed by atoms with Crippen molar-refractivity contribution in [1.82, 2.24) is 4.31 Å². The van der Waals surface area contributed by atoms with Crippen LogP contribution in [0.5, 0.6) is 0 Å². The molecule has 1 aromatic rings. The molecule has 2 rings (SSSR count). The van der Waals surface area contributed by atoms with Gasteiger partial charge in [-0.15, -0.1) is 0 Å². The first-order chi connectivity index (χ1) is 10.3. The monoisotopic (exact) mass is 325 g/mol. The van der Waals surface area contributed by atoms with Crippen LogP contribution in [0.25, 0.3) is 0 Å². The minimum atomic E-state index is -3.51. The average Bonchev–Trinajstić information content (AvgIpc) is 2.47. The van der Waals surface area contributed by atoms with E-state index in [2.05, 4.69) is 12.2 Å². The molecule has 1 aliphatic rings. The summed E-state index contributed by atoms with van der Waals surface area (Å²) in [7, 11) is -3.51. The van der Waals surface area contributed by atoms with E-state index in [0.29, 0.717) is 31.2 Å². The fourth-order valence-corrected chi connectivity index (χ4v) is 4.22. The zero-order chi connectivity index (χ0) is 16.3. The molecule has 122 valence electrons. The molecular formula is C15H23N3O3S. The minimum absolute atomic E-state index is 0.189. The first-order valence-electron chi connectivity index (χ1n) is 7.42. The highest BCUT2D eigenvalue weighted by Crippen LogP contribution is 2.27. The van der Waals surface area contributed by atoms with Crippen LogP contribution in [0, 0.1) is 11.8 Å². The maximum Gasteiger partial charge on any atom is 0.243 e. The summed E-state index contributed by atoms with van der Waals surface area (Å²) < 4.78 is 26.9. The number of hydrogen-bond acceptors (Lipinski definition) is 4. The average molecular weight is 325 g/mol. The molecule has 1 aromatic carbocycles. The van der Waals surface area contributed by atoms with Crippen molar-refractivity contribution in [2.24, 2.45) is 17.6 Å². The molecule has 0 aliphatic carbocycles. The minimum Gasteiger partial charge on any atom is -0.330 e. The molecule has 22 heavy (non-hydrogen) atoms. The maximum absolute atomic E-state index is 12.7. The first kappa shape index (κ1) is 16.9. The molecule has 6 nitrogen and oxygen atoms in total. The second kappa shape index (κ2) is 6.76. The Balaban J connectivity index is 2.17. The zero-order valence-electron chi connectivity index (χ0n) is 13.0. The van der Waals surface area contributed by atoms with E-state index < -0.39 is 10.0 Å². The van der Waals surface area contributed by atoms with Gasteiger partial charge in [-0.3, -0.25) is 4.79 Å². The van der Waals surface area contributed by atoms with Crippen LogP contribution < -0.4 is 11.1 Å². The lowest BCUT2D eigenvalue weighted by Crippen LogP contribution is -2.45. The number of hydrogen-bond donors (Lipinski definition) is 2. The Hall–Kier alpha value is -1.44. The van der Waals surface area contributed by atoms with E-state index in [0.717, 1.165) is 6.42 Å². The normalized spacial score (nSPS) is 23.2. The van der Waals surface area contributed by atoms with Crippen LogP contribution in [0.15, 0.2) is 29.2 Å². The van der Waals surface area contributed by atoms with E-state index in [4.69, 9.17) is 5.73 Å². The molecule has 0 saturated carbocycles. The summed E-state index contributed by atoms with van der Waals surface area (Å²) in [5.74, 6) is 0.451. The van der Waals surface area contributed by atoms with Crippen LogP contribution in [0.3, 0.4) is 0 Å². The molecule has 1 fully saturated rings. The van der Waals surface area contributed by atoms with Crippen molar-refractivity contribution in [3.63, 3.8) is 0 Å². The van der Waals surface area contributed by atoms with Crippen molar-refractivity contribution in [3.8, 4) is 0 Å². The van der Waals surface area contributed by atoms with Crippen LogP contribution in [-0.2, 0) is 14.8 Å². The summed E-state index contributed by atoms with van der Waals surface area (Å²) in [6.45, 7) is 5.01. The van der Waals surface area contributed by atoms with Gasteiger partial charge in [-0.25, -0.2) is 8.42 Å². The number of piperidine rings is 1. The maximum atomic E-state index is 12.7. The molecule has 3 N–H and O–H groups in total. The molecule has 0 spiro atoms. The fraction of sp³-hybridized carbons (Fsp3) is 0.533. The molecule has 1 heterocycles. The summed E-state index contributed by atoms with van der Waals surface area (Å²) in [6, 6.07) is 6.24. The molecule has 1 aliphatic heterocycles. The van der Waals surface area contributed by atoms with Crippen molar-refractivity contribution in [2.75, 3.05) is 25.0 Å². The van der Waals surface area contributed by atoms with E-state index in [1.807, 2.05) is 0 Å². The van der Waals surface area contributed by atoms with Gasteiger partial charge in [-0.2, -0.15) is 4.31 Å². The summed E-state index contributed by atoms with van der Waals surface area (Å²) in [5.41, 5.74) is 6.32. The van der Waals surface area contributed by atoms with E-state index in [-0.39, 0.29) is 16.7 Å². The third-order valence-electron chi connectivity index (χ3n) is 4.19. The molecule has 0 radical (unpaired) electrons. The first-order valence-corrected chi connectivity index (χ1v) is 8.86. The van der Waals surface area contributed by atoms with Gasteiger partial charge in [0, 0.05) is 25.7 Å². The lowest BCUT2D eigenvalue weighted by atomic mass is 9.88. The Bertz CT molecular complexity index is 628. The van der Waals surface area contributed by atoms with E-state index in [1.165, 1.54) is 23.4 Å².